The van der Waals surface area contributed by atoms with Crippen molar-refractivity contribution in [2.75, 3.05) is 26.2 Å². The normalized spacial score (nSPS) is 30.7. The lowest BCUT2D eigenvalue weighted by molar-refractivity contribution is 0.0642. The van der Waals surface area contributed by atoms with Crippen LogP contribution in [-0.2, 0) is 0 Å². The average Bonchev–Trinajstić information content (AvgIpc) is 1.89. The zero-order valence-electron chi connectivity index (χ0n) is 5.73. The number of nitrogens with zero attached hydrogens (tertiary/aromatic N) is 1. The van der Waals surface area contributed by atoms with Gasteiger partial charge < -0.3 is 5.32 Å². The first kappa shape index (κ1) is 6.96. The lowest BCUT2D eigenvalue weighted by Crippen LogP contribution is -2.48. The van der Waals surface area contributed by atoms with Gasteiger partial charge in [-0.1, -0.05) is 6.92 Å². The van der Waals surface area contributed by atoms with Crippen LogP contribution in [0.25, 0.3) is 0 Å². The number of rotatable bonds is 1. The van der Waals surface area contributed by atoms with Crippen molar-refractivity contribution in [3.8, 4) is 0 Å². The Morgan fingerprint density at radius 3 is 3.00 bits per heavy atom. The van der Waals surface area contributed by atoms with Crippen LogP contribution < -0.4 is 5.32 Å². The number of halogens is 1. The molecule has 1 N–H and O–H groups in total. The molecule has 1 rings (SSSR count). The van der Waals surface area contributed by atoms with Crippen LogP contribution in [-0.4, -0.2) is 37.4 Å². The molecule has 0 aromatic carbocycles. The Labute approximate surface area is 55.0 Å². The zero-order valence-corrected chi connectivity index (χ0v) is 5.73. The molecule has 1 aliphatic rings. The van der Waals surface area contributed by atoms with E-state index in [0.717, 1.165) is 19.6 Å². The second kappa shape index (κ2) is 3.13. The van der Waals surface area contributed by atoms with Gasteiger partial charge in [0, 0.05) is 19.6 Å². The van der Waals surface area contributed by atoms with Gasteiger partial charge in [0.25, 0.3) is 0 Å². The van der Waals surface area contributed by atoms with Gasteiger partial charge >= 0.3 is 0 Å². The van der Waals surface area contributed by atoms with Crippen LogP contribution in [0.1, 0.15) is 6.92 Å². The lowest BCUT2D eigenvalue weighted by atomic mass is 10.3. The fourth-order valence-corrected chi connectivity index (χ4v) is 1.07. The molecule has 1 aliphatic heterocycles. The van der Waals surface area contributed by atoms with Gasteiger partial charge in [0.2, 0.25) is 0 Å². The molecular weight excluding hydrogens is 119 g/mol. The number of piperazine rings is 1. The highest BCUT2D eigenvalue weighted by Gasteiger charge is 2.18. The molecule has 0 aromatic heterocycles. The van der Waals surface area contributed by atoms with Crippen LogP contribution >= 0.6 is 0 Å². The van der Waals surface area contributed by atoms with Gasteiger partial charge in [-0.25, -0.2) is 4.39 Å². The van der Waals surface area contributed by atoms with Gasteiger partial charge in [0.15, 0.2) is 6.30 Å². The molecule has 1 heterocycles. The van der Waals surface area contributed by atoms with E-state index < -0.39 is 6.30 Å². The van der Waals surface area contributed by atoms with Gasteiger partial charge in [-0.15, -0.1) is 0 Å². The predicted molar refractivity (Wildman–Crippen MR) is 35.0 cm³/mol. The predicted octanol–water partition coefficient (Wildman–Crippen LogP) is 0.207. The molecule has 1 unspecified atom stereocenters. The third kappa shape index (κ3) is 1.63. The number of nitrogens with one attached hydrogen (secondary N) is 1. The van der Waals surface area contributed by atoms with Gasteiger partial charge in [-0.2, -0.15) is 0 Å². The monoisotopic (exact) mass is 132 g/mol. The summed E-state index contributed by atoms with van der Waals surface area (Å²) in [6.07, 6.45) is -0.760. The van der Waals surface area contributed by atoms with Gasteiger partial charge in [0.1, 0.15) is 0 Å². The average molecular weight is 132 g/mol. The highest BCUT2D eigenvalue weighted by atomic mass is 19.1. The first-order chi connectivity index (χ1) is 4.34. The van der Waals surface area contributed by atoms with E-state index in [-0.39, 0.29) is 0 Å². The summed E-state index contributed by atoms with van der Waals surface area (Å²) < 4.78 is 12.7. The van der Waals surface area contributed by atoms with E-state index in [1.807, 2.05) is 11.8 Å². The number of hydrogen-bond donors (Lipinski definition) is 1. The van der Waals surface area contributed by atoms with E-state index >= 15 is 0 Å². The molecule has 0 spiro atoms. The Balaban J connectivity index is 2.30. The second-order valence-electron chi connectivity index (χ2n) is 2.27. The zero-order chi connectivity index (χ0) is 6.69. The van der Waals surface area contributed by atoms with Crippen molar-refractivity contribution in [1.29, 1.82) is 0 Å². The van der Waals surface area contributed by atoms with E-state index in [0.29, 0.717) is 6.54 Å². The molecule has 9 heavy (non-hydrogen) atoms. The van der Waals surface area contributed by atoms with Crippen LogP contribution in [0.2, 0.25) is 0 Å². The van der Waals surface area contributed by atoms with Crippen molar-refractivity contribution in [1.82, 2.24) is 10.2 Å². The van der Waals surface area contributed by atoms with Crippen molar-refractivity contribution in [2.45, 2.75) is 13.2 Å². The summed E-state index contributed by atoms with van der Waals surface area (Å²) in [5.74, 6) is 0. The highest BCUT2D eigenvalue weighted by Crippen LogP contribution is 2.01. The third-order valence-electron chi connectivity index (χ3n) is 1.69. The molecule has 1 atom stereocenters. The van der Waals surface area contributed by atoms with Crippen LogP contribution in [0.15, 0.2) is 0 Å². The van der Waals surface area contributed by atoms with E-state index in [2.05, 4.69) is 5.32 Å². The maximum Gasteiger partial charge on any atom is 0.166 e. The largest absolute Gasteiger partial charge is 0.311 e. The quantitative estimate of drug-likeness (QED) is 0.513. The molecule has 0 saturated carbocycles. The SMILES string of the molecule is CCN1CCNCC1F. The first-order valence-electron chi connectivity index (χ1n) is 3.43. The Hall–Kier alpha value is -0.150. The molecule has 54 valence electrons. The molecule has 1 fully saturated rings. The van der Waals surface area contributed by atoms with Crippen LogP contribution in [0.4, 0.5) is 4.39 Å². The van der Waals surface area contributed by atoms with Crippen molar-refractivity contribution >= 4 is 0 Å². The maximum atomic E-state index is 12.7. The second-order valence-corrected chi connectivity index (χ2v) is 2.27. The van der Waals surface area contributed by atoms with Crippen LogP contribution in [0, 0.1) is 0 Å². The van der Waals surface area contributed by atoms with E-state index in [9.17, 15) is 4.39 Å². The van der Waals surface area contributed by atoms with Crippen molar-refractivity contribution in [3.63, 3.8) is 0 Å². The summed E-state index contributed by atoms with van der Waals surface area (Å²) in [4.78, 5) is 1.83. The summed E-state index contributed by atoms with van der Waals surface area (Å²) in [6, 6.07) is 0. The van der Waals surface area contributed by atoms with Crippen LogP contribution in [0.3, 0.4) is 0 Å². The van der Waals surface area contributed by atoms with Crippen molar-refractivity contribution in [3.05, 3.63) is 0 Å². The fourth-order valence-electron chi connectivity index (χ4n) is 1.07. The van der Waals surface area contributed by atoms with Crippen LogP contribution in [0.5, 0.6) is 0 Å². The number of likely N-dealkylation sites (N-methyl/N-ethyl adjacent to an activating group) is 1. The third-order valence-corrected chi connectivity index (χ3v) is 1.69. The number of alkyl halides is 1. The molecule has 0 bridgehead atoms. The summed E-state index contributed by atoms with van der Waals surface area (Å²) in [7, 11) is 0. The van der Waals surface area contributed by atoms with E-state index in [4.69, 9.17) is 0 Å². The molecule has 0 amide bonds. The van der Waals surface area contributed by atoms with Crippen molar-refractivity contribution < 1.29 is 4.39 Å². The van der Waals surface area contributed by atoms with E-state index in [1.54, 1.807) is 0 Å². The minimum atomic E-state index is -0.760. The number of hydrogen-bond acceptors (Lipinski definition) is 2. The Morgan fingerprint density at radius 2 is 2.56 bits per heavy atom. The topological polar surface area (TPSA) is 15.3 Å². The maximum absolute atomic E-state index is 12.7. The molecule has 2 nitrogen and oxygen atoms in total. The Morgan fingerprint density at radius 1 is 1.78 bits per heavy atom. The lowest BCUT2D eigenvalue weighted by Gasteiger charge is -2.29. The van der Waals surface area contributed by atoms with Gasteiger partial charge in [-0.05, 0) is 6.54 Å². The molecule has 3 heteroatoms. The summed E-state index contributed by atoms with van der Waals surface area (Å²) in [6.45, 7) is 5.07. The standard InChI is InChI=1S/C6H13FN2/c1-2-9-4-3-8-5-6(9)7/h6,8H,2-5H2,1H3. The first-order valence-corrected chi connectivity index (χ1v) is 3.43. The Bertz CT molecular complexity index is 87.1. The minimum absolute atomic E-state index is 0.494. The van der Waals surface area contributed by atoms with Gasteiger partial charge in [0.05, 0.1) is 0 Å². The summed E-state index contributed by atoms with van der Waals surface area (Å²) in [5, 5.41) is 2.98. The molecule has 0 radical (unpaired) electrons. The summed E-state index contributed by atoms with van der Waals surface area (Å²) in [5.41, 5.74) is 0. The highest BCUT2D eigenvalue weighted by molar-refractivity contribution is 4.69. The summed E-state index contributed by atoms with van der Waals surface area (Å²) >= 11 is 0. The smallest absolute Gasteiger partial charge is 0.166 e. The van der Waals surface area contributed by atoms with E-state index in [1.165, 1.54) is 0 Å². The van der Waals surface area contributed by atoms with Gasteiger partial charge in [-0.3, -0.25) is 4.90 Å². The molecule has 0 aliphatic carbocycles. The molecule has 0 aromatic rings. The molecule has 1 saturated heterocycles. The van der Waals surface area contributed by atoms with Crippen molar-refractivity contribution in [2.24, 2.45) is 0 Å². The molecular formula is C6H13FN2. The Kier molecular flexibility index (Phi) is 2.42. The fraction of sp³-hybridized carbons (Fsp3) is 1.00. The minimum Gasteiger partial charge on any atom is -0.311 e.